The largest absolute Gasteiger partial charge is 0.308 e. The van der Waals surface area contributed by atoms with Crippen LogP contribution in [0.1, 0.15) is 6.42 Å². The highest BCUT2D eigenvalue weighted by Crippen LogP contribution is 2.23. The van der Waals surface area contributed by atoms with E-state index >= 15 is 0 Å². The molecular formula is C9H9Br2N3O3S. The number of nitrogens with one attached hydrogen (secondary N) is 1. The fraction of sp³-hybridized carbons (Fsp3) is 0.444. The monoisotopic (exact) mass is 397 g/mol. The highest BCUT2D eigenvalue weighted by Gasteiger charge is 2.33. The summed E-state index contributed by atoms with van der Waals surface area (Å²) in [5.41, 5.74) is 0. The first-order valence-corrected chi connectivity index (χ1v) is 8.47. The van der Waals surface area contributed by atoms with E-state index in [0.29, 0.717) is 15.6 Å². The highest BCUT2D eigenvalue weighted by molar-refractivity contribution is 9.11. The van der Waals surface area contributed by atoms with Gasteiger partial charge < -0.3 is 5.32 Å². The van der Waals surface area contributed by atoms with Crippen molar-refractivity contribution in [3.63, 3.8) is 0 Å². The Morgan fingerprint density at radius 2 is 2.17 bits per heavy atom. The maximum absolute atomic E-state index is 11.9. The van der Waals surface area contributed by atoms with E-state index in [1.165, 1.54) is 6.20 Å². The summed E-state index contributed by atoms with van der Waals surface area (Å²) in [6, 6.07) is 0. The fourth-order valence-corrected chi connectivity index (χ4v) is 4.30. The van der Waals surface area contributed by atoms with Crippen LogP contribution in [-0.4, -0.2) is 35.8 Å². The van der Waals surface area contributed by atoms with Crippen LogP contribution in [0.25, 0.3) is 0 Å². The van der Waals surface area contributed by atoms with Crippen molar-refractivity contribution < 1.29 is 13.2 Å². The minimum absolute atomic E-state index is 0.0677. The molecule has 1 aliphatic rings. The van der Waals surface area contributed by atoms with Crippen LogP contribution >= 0.6 is 31.9 Å². The number of hydrogen-bond donors (Lipinski definition) is 1. The lowest BCUT2D eigenvalue weighted by Gasteiger charge is -2.09. The van der Waals surface area contributed by atoms with Crippen LogP contribution in [0.3, 0.4) is 0 Å². The first-order chi connectivity index (χ1) is 8.37. The molecule has 1 atom stereocenters. The summed E-state index contributed by atoms with van der Waals surface area (Å²) in [6.07, 6.45) is 1.81. The van der Waals surface area contributed by atoms with Crippen LogP contribution in [0.2, 0.25) is 0 Å². The molecule has 1 unspecified atom stereocenters. The van der Waals surface area contributed by atoms with Gasteiger partial charge in [-0.25, -0.2) is 18.4 Å². The molecule has 0 aromatic carbocycles. The molecule has 0 spiro atoms. The van der Waals surface area contributed by atoms with E-state index in [1.807, 2.05) is 0 Å². The van der Waals surface area contributed by atoms with Crippen LogP contribution in [0.15, 0.2) is 15.4 Å². The molecule has 1 aliphatic heterocycles. The Balaban J connectivity index is 2.08. The van der Waals surface area contributed by atoms with Gasteiger partial charge in [0.15, 0.2) is 15.7 Å². The Morgan fingerprint density at radius 1 is 1.44 bits per heavy atom. The standard InChI is InChI=1S/C9H9Br2N3O3S/c10-6-3-12-8(7(11)13-6)14-9(15)5-1-2-18(16,17)4-5/h3,5H,1-2,4H2,(H,12,14,15). The molecule has 2 heterocycles. The molecule has 0 aliphatic carbocycles. The molecule has 1 fully saturated rings. The molecule has 18 heavy (non-hydrogen) atoms. The van der Waals surface area contributed by atoms with Crippen molar-refractivity contribution in [1.29, 1.82) is 0 Å². The zero-order valence-corrected chi connectivity index (χ0v) is 13.0. The van der Waals surface area contributed by atoms with Crippen molar-refractivity contribution in [2.45, 2.75) is 6.42 Å². The number of anilines is 1. The number of hydrogen-bond acceptors (Lipinski definition) is 5. The quantitative estimate of drug-likeness (QED) is 0.812. The van der Waals surface area contributed by atoms with E-state index in [0.717, 1.165) is 0 Å². The molecule has 1 saturated heterocycles. The van der Waals surface area contributed by atoms with Crippen LogP contribution in [0.4, 0.5) is 5.82 Å². The summed E-state index contributed by atoms with van der Waals surface area (Å²) >= 11 is 6.32. The fourth-order valence-electron chi connectivity index (χ4n) is 1.65. The van der Waals surface area contributed by atoms with Gasteiger partial charge in [-0.2, -0.15) is 0 Å². The van der Waals surface area contributed by atoms with E-state index in [4.69, 9.17) is 0 Å². The van der Waals surface area contributed by atoms with Crippen LogP contribution < -0.4 is 5.32 Å². The third kappa shape index (κ3) is 3.27. The number of aromatic nitrogens is 2. The summed E-state index contributed by atoms with van der Waals surface area (Å²) in [5.74, 6) is -0.591. The van der Waals surface area contributed by atoms with Crippen molar-refractivity contribution in [1.82, 2.24) is 9.97 Å². The summed E-state index contributed by atoms with van der Waals surface area (Å²) in [4.78, 5) is 19.9. The van der Waals surface area contributed by atoms with Gasteiger partial charge in [0.2, 0.25) is 5.91 Å². The Morgan fingerprint density at radius 3 is 2.72 bits per heavy atom. The van der Waals surface area contributed by atoms with Gasteiger partial charge in [0.1, 0.15) is 9.21 Å². The van der Waals surface area contributed by atoms with Crippen molar-refractivity contribution >= 4 is 53.4 Å². The normalized spacial score (nSPS) is 21.8. The zero-order chi connectivity index (χ0) is 13.3. The van der Waals surface area contributed by atoms with Crippen molar-refractivity contribution in [3.8, 4) is 0 Å². The van der Waals surface area contributed by atoms with Gasteiger partial charge in [-0.15, -0.1) is 0 Å². The third-order valence-corrected chi connectivity index (χ3v) is 5.25. The maximum Gasteiger partial charge on any atom is 0.229 e. The Labute approximate surface area is 121 Å². The smallest absolute Gasteiger partial charge is 0.229 e. The first-order valence-electron chi connectivity index (χ1n) is 5.07. The van der Waals surface area contributed by atoms with Gasteiger partial charge in [0.05, 0.1) is 23.6 Å². The van der Waals surface area contributed by atoms with E-state index in [-0.39, 0.29) is 23.2 Å². The molecular weight excluding hydrogens is 390 g/mol. The Hall–Kier alpha value is -0.540. The summed E-state index contributed by atoms with van der Waals surface area (Å²) < 4.78 is 23.5. The number of sulfone groups is 1. The van der Waals surface area contributed by atoms with Crippen LogP contribution in [-0.2, 0) is 14.6 Å². The molecule has 6 nitrogen and oxygen atoms in total. The highest BCUT2D eigenvalue weighted by atomic mass is 79.9. The van der Waals surface area contributed by atoms with Crippen LogP contribution in [0.5, 0.6) is 0 Å². The van der Waals surface area contributed by atoms with E-state index < -0.39 is 15.8 Å². The minimum atomic E-state index is -3.07. The van der Waals surface area contributed by atoms with Gasteiger partial charge in [0.25, 0.3) is 0 Å². The molecule has 1 aromatic heterocycles. The predicted octanol–water partition coefficient (Wildman–Crippen LogP) is 1.37. The topological polar surface area (TPSA) is 89.0 Å². The third-order valence-electron chi connectivity index (χ3n) is 2.55. The average Bonchev–Trinajstić information content (AvgIpc) is 2.63. The second-order valence-electron chi connectivity index (χ2n) is 3.92. The number of carbonyl (C=O) groups is 1. The average molecular weight is 399 g/mol. The summed E-state index contributed by atoms with van der Waals surface area (Å²) in [5, 5.41) is 2.57. The molecule has 1 aromatic rings. The lowest BCUT2D eigenvalue weighted by molar-refractivity contribution is -0.119. The SMILES string of the molecule is O=C(Nc1ncc(Br)nc1Br)C1CCS(=O)(=O)C1. The Bertz CT molecular complexity index is 591. The number of amides is 1. The molecule has 1 amide bonds. The molecule has 1 N–H and O–H groups in total. The zero-order valence-electron chi connectivity index (χ0n) is 9.06. The van der Waals surface area contributed by atoms with E-state index in [9.17, 15) is 13.2 Å². The van der Waals surface area contributed by atoms with E-state index in [1.54, 1.807) is 0 Å². The lowest BCUT2D eigenvalue weighted by Crippen LogP contribution is -2.24. The number of carbonyl (C=O) groups excluding carboxylic acids is 1. The number of halogens is 2. The first kappa shape index (κ1) is 13.9. The minimum Gasteiger partial charge on any atom is -0.308 e. The maximum atomic E-state index is 11.9. The molecule has 9 heteroatoms. The van der Waals surface area contributed by atoms with Crippen LogP contribution in [0, 0.1) is 5.92 Å². The molecule has 0 radical (unpaired) electrons. The Kier molecular flexibility index (Phi) is 4.02. The number of rotatable bonds is 2. The van der Waals surface area contributed by atoms with Gasteiger partial charge >= 0.3 is 0 Å². The summed E-state index contributed by atoms with van der Waals surface area (Å²) in [7, 11) is -3.07. The van der Waals surface area contributed by atoms with Gasteiger partial charge in [-0.1, -0.05) is 0 Å². The van der Waals surface area contributed by atoms with Gasteiger partial charge in [-0.3, -0.25) is 4.79 Å². The summed E-state index contributed by atoms with van der Waals surface area (Å²) in [6.45, 7) is 0. The van der Waals surface area contributed by atoms with Crippen molar-refractivity contribution in [2.75, 3.05) is 16.8 Å². The predicted molar refractivity (Wildman–Crippen MR) is 72.8 cm³/mol. The second-order valence-corrected chi connectivity index (χ2v) is 7.71. The molecule has 0 bridgehead atoms. The molecule has 98 valence electrons. The van der Waals surface area contributed by atoms with Gasteiger partial charge in [0, 0.05) is 0 Å². The van der Waals surface area contributed by atoms with Gasteiger partial charge in [-0.05, 0) is 38.3 Å². The van der Waals surface area contributed by atoms with E-state index in [2.05, 4.69) is 47.1 Å². The molecule has 2 rings (SSSR count). The number of nitrogens with zero attached hydrogens (tertiary/aromatic N) is 2. The lowest BCUT2D eigenvalue weighted by atomic mass is 10.1. The second kappa shape index (κ2) is 5.22. The van der Waals surface area contributed by atoms with Crippen molar-refractivity contribution in [2.24, 2.45) is 5.92 Å². The van der Waals surface area contributed by atoms with Crippen molar-refractivity contribution in [3.05, 3.63) is 15.4 Å². The molecule has 0 saturated carbocycles.